The number of hydrogen-bond donors (Lipinski definition) is 0. The van der Waals surface area contributed by atoms with Gasteiger partial charge in [-0.2, -0.15) is 5.10 Å². The van der Waals surface area contributed by atoms with Gasteiger partial charge in [-0.15, -0.1) is 0 Å². The molecule has 5 heterocycles. The molecular weight excluding hydrogens is 398 g/mol. The summed E-state index contributed by atoms with van der Waals surface area (Å²) < 4.78 is 35.3. The molecule has 2 aliphatic rings. The molecule has 1 fully saturated rings. The first-order chi connectivity index (χ1) is 14.3. The van der Waals surface area contributed by atoms with E-state index in [1.54, 1.807) is 25.4 Å². The molecule has 0 bridgehead atoms. The zero-order chi connectivity index (χ0) is 21.0. The first-order valence-electron chi connectivity index (χ1n) is 9.45. The van der Waals surface area contributed by atoms with Gasteiger partial charge in [-0.05, 0) is 12.1 Å². The van der Waals surface area contributed by atoms with Gasteiger partial charge in [-0.1, -0.05) is 0 Å². The van der Waals surface area contributed by atoms with Gasteiger partial charge in [0.1, 0.15) is 6.61 Å². The fraction of sp³-hybridized carbons (Fsp3) is 0.368. The predicted molar refractivity (Wildman–Crippen MR) is 103 cm³/mol. The second-order valence-corrected chi connectivity index (χ2v) is 7.40. The van der Waals surface area contributed by atoms with Crippen LogP contribution in [0.1, 0.15) is 16.8 Å². The Morgan fingerprint density at radius 3 is 2.87 bits per heavy atom. The number of anilines is 2. The number of carbonyl (C=O) groups excluding carboxylic acids is 1. The van der Waals surface area contributed by atoms with Gasteiger partial charge in [0.05, 0.1) is 18.7 Å². The topological polar surface area (TPSA) is 85.0 Å². The summed E-state index contributed by atoms with van der Waals surface area (Å²) >= 11 is 0. The van der Waals surface area contributed by atoms with Crippen molar-refractivity contribution in [1.82, 2.24) is 24.1 Å². The van der Waals surface area contributed by atoms with Crippen LogP contribution in [0.3, 0.4) is 0 Å². The van der Waals surface area contributed by atoms with Crippen molar-refractivity contribution in [3.05, 3.63) is 46.6 Å². The first-order valence-corrected chi connectivity index (χ1v) is 9.45. The highest BCUT2D eigenvalue weighted by Gasteiger charge is 2.40. The third-order valence-electron chi connectivity index (χ3n) is 5.33. The van der Waals surface area contributed by atoms with Gasteiger partial charge >= 0.3 is 5.69 Å². The third-order valence-corrected chi connectivity index (χ3v) is 5.33. The highest BCUT2D eigenvalue weighted by atomic mass is 19.3. The Morgan fingerprint density at radius 1 is 1.27 bits per heavy atom. The van der Waals surface area contributed by atoms with Crippen LogP contribution < -0.4 is 15.3 Å². The lowest BCUT2D eigenvalue weighted by molar-refractivity contribution is 0.0120. The number of pyridine rings is 2. The number of hydrogen-bond acceptors (Lipinski definition) is 6. The summed E-state index contributed by atoms with van der Waals surface area (Å²) in [7, 11) is 1.58. The monoisotopic (exact) mass is 416 g/mol. The van der Waals surface area contributed by atoms with E-state index in [0.717, 1.165) is 10.6 Å². The summed E-state index contributed by atoms with van der Waals surface area (Å²) in [5.41, 5.74) is 1.23. The van der Waals surface area contributed by atoms with E-state index in [9.17, 15) is 18.4 Å². The number of carbonyl (C=O) groups is 1. The van der Waals surface area contributed by atoms with E-state index in [1.807, 2.05) is 4.90 Å². The molecule has 2 aliphatic heterocycles. The fourth-order valence-corrected chi connectivity index (χ4v) is 3.80. The van der Waals surface area contributed by atoms with E-state index >= 15 is 0 Å². The van der Waals surface area contributed by atoms with Gasteiger partial charge in [0, 0.05) is 44.2 Å². The number of fused-ring (bicyclic) bond motifs is 2. The molecule has 3 aromatic heterocycles. The minimum absolute atomic E-state index is 0.0133. The van der Waals surface area contributed by atoms with Gasteiger partial charge in [-0.25, -0.2) is 23.2 Å². The van der Waals surface area contributed by atoms with E-state index < -0.39 is 18.4 Å². The van der Waals surface area contributed by atoms with Crippen molar-refractivity contribution in [2.75, 3.05) is 31.1 Å². The Morgan fingerprint density at radius 2 is 2.10 bits per heavy atom. The number of halogens is 2. The van der Waals surface area contributed by atoms with Gasteiger partial charge in [0.15, 0.2) is 17.2 Å². The average molecular weight is 416 g/mol. The number of aromatic nitrogens is 4. The fourth-order valence-electron chi connectivity index (χ4n) is 3.80. The molecule has 0 radical (unpaired) electrons. The minimum atomic E-state index is -2.85. The molecule has 11 heteroatoms. The largest absolute Gasteiger partial charge is 0.488 e. The number of rotatable bonds is 2. The number of alkyl halides is 2. The standard InChI is InChI=1S/C19H18F2N6O3/c1-24-18(29)27-4-2-13(9-15(27)23-24)26-6-7-30-14-8-12(10-22-16(14)26)17(28)25-5-3-19(20,21)11-25/h2,4,8-10H,3,5-7,11H2,1H3. The smallest absolute Gasteiger partial charge is 0.350 e. The molecule has 30 heavy (non-hydrogen) atoms. The van der Waals surface area contributed by atoms with Crippen molar-refractivity contribution in [2.24, 2.45) is 7.05 Å². The zero-order valence-corrected chi connectivity index (χ0v) is 16.1. The maximum Gasteiger partial charge on any atom is 0.350 e. The molecule has 0 atom stereocenters. The molecule has 0 aliphatic carbocycles. The summed E-state index contributed by atoms with van der Waals surface area (Å²) in [6.45, 7) is 0.298. The van der Waals surface area contributed by atoms with Crippen LogP contribution in [0.2, 0.25) is 0 Å². The number of likely N-dealkylation sites (tertiary alicyclic amines) is 1. The van der Waals surface area contributed by atoms with Crippen LogP contribution in [0.4, 0.5) is 20.3 Å². The Hall–Kier alpha value is -3.50. The number of nitrogens with zero attached hydrogens (tertiary/aromatic N) is 6. The van der Waals surface area contributed by atoms with Crippen LogP contribution in [0, 0.1) is 0 Å². The van der Waals surface area contributed by atoms with Crippen LogP contribution in [-0.4, -0.2) is 62.1 Å². The van der Waals surface area contributed by atoms with Crippen molar-refractivity contribution in [1.29, 1.82) is 0 Å². The molecule has 0 spiro atoms. The Bertz CT molecular complexity index is 1220. The van der Waals surface area contributed by atoms with Crippen molar-refractivity contribution in [3.8, 4) is 5.75 Å². The molecule has 5 rings (SSSR count). The second-order valence-electron chi connectivity index (χ2n) is 7.40. The molecule has 0 N–H and O–H groups in total. The predicted octanol–water partition coefficient (Wildman–Crippen LogP) is 1.44. The van der Waals surface area contributed by atoms with Crippen LogP contribution in [-0.2, 0) is 7.05 Å². The van der Waals surface area contributed by atoms with Crippen molar-refractivity contribution >= 4 is 23.1 Å². The molecule has 156 valence electrons. The van der Waals surface area contributed by atoms with Crippen molar-refractivity contribution in [2.45, 2.75) is 12.3 Å². The normalized spacial score (nSPS) is 17.8. The van der Waals surface area contributed by atoms with Crippen molar-refractivity contribution < 1.29 is 18.3 Å². The van der Waals surface area contributed by atoms with Gasteiger partial charge in [0.25, 0.3) is 11.8 Å². The highest BCUT2D eigenvalue weighted by molar-refractivity contribution is 5.95. The SMILES string of the molecule is Cn1nc2cc(N3CCOc4cc(C(=O)N5CCC(F)(F)C5)cnc43)ccn2c1=O. The zero-order valence-electron chi connectivity index (χ0n) is 16.1. The lowest BCUT2D eigenvalue weighted by Crippen LogP contribution is -2.32. The quantitative estimate of drug-likeness (QED) is 0.629. The molecule has 1 saturated heterocycles. The summed E-state index contributed by atoms with van der Waals surface area (Å²) in [5, 5.41) is 4.19. The van der Waals surface area contributed by atoms with Gasteiger partial charge < -0.3 is 14.5 Å². The Kier molecular flexibility index (Phi) is 4.02. The van der Waals surface area contributed by atoms with Crippen LogP contribution in [0.15, 0.2) is 35.4 Å². The summed E-state index contributed by atoms with van der Waals surface area (Å²) in [6, 6.07) is 5.08. The molecule has 0 aromatic carbocycles. The van der Waals surface area contributed by atoms with E-state index in [4.69, 9.17) is 4.74 Å². The first kappa shape index (κ1) is 18.5. The molecule has 0 saturated carbocycles. The lowest BCUT2D eigenvalue weighted by Gasteiger charge is -2.30. The lowest BCUT2D eigenvalue weighted by atomic mass is 10.2. The van der Waals surface area contributed by atoms with E-state index in [-0.39, 0.29) is 24.2 Å². The maximum atomic E-state index is 13.5. The van der Waals surface area contributed by atoms with E-state index in [1.165, 1.54) is 21.3 Å². The Labute approximate surface area is 169 Å². The molecule has 3 aromatic rings. The summed E-state index contributed by atoms with van der Waals surface area (Å²) in [4.78, 5) is 32.0. The number of amides is 1. The number of aryl methyl sites for hydroxylation is 1. The van der Waals surface area contributed by atoms with Crippen LogP contribution in [0.25, 0.3) is 5.65 Å². The molecular formula is C19H18F2N6O3. The summed E-state index contributed by atoms with van der Waals surface area (Å²) in [6.07, 6.45) is 2.68. The van der Waals surface area contributed by atoms with Gasteiger partial charge in [-0.3, -0.25) is 9.20 Å². The second kappa shape index (κ2) is 6.51. The maximum absolute atomic E-state index is 13.5. The van der Waals surface area contributed by atoms with Crippen LogP contribution in [0.5, 0.6) is 5.75 Å². The summed E-state index contributed by atoms with van der Waals surface area (Å²) in [5.74, 6) is -2.43. The third kappa shape index (κ3) is 2.97. The van der Waals surface area contributed by atoms with Crippen LogP contribution >= 0.6 is 0 Å². The average Bonchev–Trinajstić information content (AvgIpc) is 3.24. The van der Waals surface area contributed by atoms with Crippen molar-refractivity contribution in [3.63, 3.8) is 0 Å². The molecule has 0 unspecified atom stereocenters. The molecule has 9 nitrogen and oxygen atoms in total. The molecule has 1 amide bonds. The Balaban J connectivity index is 1.46. The minimum Gasteiger partial charge on any atom is -0.488 e. The van der Waals surface area contributed by atoms with E-state index in [2.05, 4.69) is 10.1 Å². The highest BCUT2D eigenvalue weighted by Crippen LogP contribution is 2.36. The number of ether oxygens (including phenoxy) is 1. The van der Waals surface area contributed by atoms with E-state index in [0.29, 0.717) is 30.4 Å². The van der Waals surface area contributed by atoms with Gasteiger partial charge in [0.2, 0.25) is 0 Å².